The fourth-order valence-electron chi connectivity index (χ4n) is 1.46. The highest BCUT2D eigenvalue weighted by Crippen LogP contribution is 2.34. The molecular formula is C10H12FNO2. The highest BCUT2D eigenvalue weighted by Gasteiger charge is 2.17. The molecule has 1 aromatic rings. The molecule has 1 atom stereocenters. The Balaban J connectivity index is 2.32. The van der Waals surface area contributed by atoms with Crippen LogP contribution in [0.2, 0.25) is 0 Å². The molecular weight excluding hydrogens is 185 g/mol. The Morgan fingerprint density at radius 2 is 2.07 bits per heavy atom. The monoisotopic (exact) mass is 197 g/mol. The van der Waals surface area contributed by atoms with Gasteiger partial charge in [0.2, 0.25) is 6.79 Å². The molecule has 1 aromatic carbocycles. The molecule has 0 bridgehead atoms. The highest BCUT2D eigenvalue weighted by molar-refractivity contribution is 5.45. The molecule has 4 heteroatoms. The van der Waals surface area contributed by atoms with E-state index in [4.69, 9.17) is 15.2 Å². The molecule has 2 N–H and O–H groups in total. The van der Waals surface area contributed by atoms with Gasteiger partial charge in [0.1, 0.15) is 5.82 Å². The van der Waals surface area contributed by atoms with Crippen LogP contribution in [0.4, 0.5) is 4.39 Å². The van der Waals surface area contributed by atoms with Gasteiger partial charge in [-0.1, -0.05) is 0 Å². The van der Waals surface area contributed by atoms with Gasteiger partial charge in [-0.25, -0.2) is 4.39 Å². The standard InChI is InChI=1S/C10H12FNO2/c1-6(12)2-7-3-9-10(4-8(7)11)14-5-13-9/h3-4,6H,2,5,12H2,1H3. The first-order chi connectivity index (χ1) is 6.66. The first kappa shape index (κ1) is 9.27. The average Bonchev–Trinajstić information content (AvgIpc) is 2.51. The second-order valence-corrected chi connectivity index (χ2v) is 3.48. The molecule has 0 spiro atoms. The van der Waals surface area contributed by atoms with Gasteiger partial charge in [-0.3, -0.25) is 0 Å². The molecule has 76 valence electrons. The zero-order chi connectivity index (χ0) is 10.1. The van der Waals surface area contributed by atoms with Crippen molar-refractivity contribution in [2.75, 3.05) is 6.79 Å². The lowest BCUT2D eigenvalue weighted by molar-refractivity contribution is 0.174. The van der Waals surface area contributed by atoms with Crippen LogP contribution < -0.4 is 15.2 Å². The molecule has 1 unspecified atom stereocenters. The summed E-state index contributed by atoms with van der Waals surface area (Å²) in [5.74, 6) is 0.782. The lowest BCUT2D eigenvalue weighted by Crippen LogP contribution is -2.18. The minimum absolute atomic E-state index is 0.0649. The smallest absolute Gasteiger partial charge is 0.231 e. The summed E-state index contributed by atoms with van der Waals surface area (Å²) in [7, 11) is 0. The maximum atomic E-state index is 13.4. The first-order valence-electron chi connectivity index (χ1n) is 4.50. The van der Waals surface area contributed by atoms with E-state index in [-0.39, 0.29) is 18.7 Å². The predicted octanol–water partition coefficient (Wildman–Crippen LogP) is 1.44. The molecule has 3 nitrogen and oxygen atoms in total. The van der Waals surface area contributed by atoms with Crippen LogP contribution >= 0.6 is 0 Å². The van der Waals surface area contributed by atoms with E-state index in [2.05, 4.69) is 0 Å². The third kappa shape index (κ3) is 1.65. The average molecular weight is 197 g/mol. The number of hydrogen-bond acceptors (Lipinski definition) is 3. The van der Waals surface area contributed by atoms with Crippen molar-refractivity contribution in [1.29, 1.82) is 0 Å². The molecule has 0 aromatic heterocycles. The summed E-state index contributed by atoms with van der Waals surface area (Å²) < 4.78 is 23.6. The van der Waals surface area contributed by atoms with Gasteiger partial charge in [-0.2, -0.15) is 0 Å². The number of fused-ring (bicyclic) bond motifs is 1. The lowest BCUT2D eigenvalue weighted by atomic mass is 10.1. The van der Waals surface area contributed by atoms with Crippen LogP contribution in [0.15, 0.2) is 12.1 Å². The summed E-state index contributed by atoms with van der Waals surface area (Å²) in [4.78, 5) is 0. The zero-order valence-electron chi connectivity index (χ0n) is 7.92. The summed E-state index contributed by atoms with van der Waals surface area (Å²) in [6, 6.07) is 2.94. The van der Waals surface area contributed by atoms with Gasteiger partial charge in [0.05, 0.1) is 0 Å². The summed E-state index contributed by atoms with van der Waals surface area (Å²) in [6.07, 6.45) is 0.502. The van der Waals surface area contributed by atoms with Gasteiger partial charge in [0.15, 0.2) is 11.5 Å². The normalized spacial score (nSPS) is 15.6. The lowest BCUT2D eigenvalue weighted by Gasteiger charge is -2.07. The number of ether oxygens (including phenoxy) is 2. The van der Waals surface area contributed by atoms with Gasteiger partial charge >= 0.3 is 0 Å². The van der Waals surface area contributed by atoms with Gasteiger partial charge in [0, 0.05) is 12.1 Å². The summed E-state index contributed by atoms with van der Waals surface area (Å²) >= 11 is 0. The van der Waals surface area contributed by atoms with Crippen molar-refractivity contribution in [2.45, 2.75) is 19.4 Å². The van der Waals surface area contributed by atoms with E-state index in [1.165, 1.54) is 6.07 Å². The molecule has 14 heavy (non-hydrogen) atoms. The SMILES string of the molecule is CC(N)Cc1cc2c(cc1F)OCO2. The fraction of sp³-hybridized carbons (Fsp3) is 0.400. The molecule has 2 rings (SSSR count). The van der Waals surface area contributed by atoms with Crippen LogP contribution in [-0.4, -0.2) is 12.8 Å². The van der Waals surface area contributed by atoms with Crippen molar-refractivity contribution in [1.82, 2.24) is 0 Å². The van der Waals surface area contributed by atoms with Crippen molar-refractivity contribution in [3.63, 3.8) is 0 Å². The molecule has 0 saturated carbocycles. The minimum Gasteiger partial charge on any atom is -0.454 e. The van der Waals surface area contributed by atoms with E-state index in [0.717, 1.165) is 0 Å². The van der Waals surface area contributed by atoms with Crippen molar-refractivity contribution in [2.24, 2.45) is 5.73 Å². The Morgan fingerprint density at radius 1 is 1.43 bits per heavy atom. The quantitative estimate of drug-likeness (QED) is 0.780. The topological polar surface area (TPSA) is 44.5 Å². The van der Waals surface area contributed by atoms with Crippen LogP contribution in [-0.2, 0) is 6.42 Å². The molecule has 0 amide bonds. The first-order valence-corrected chi connectivity index (χ1v) is 4.50. The number of nitrogens with two attached hydrogens (primary N) is 1. The number of benzene rings is 1. The van der Waals surface area contributed by atoms with E-state index in [9.17, 15) is 4.39 Å². The van der Waals surface area contributed by atoms with E-state index in [1.807, 2.05) is 6.92 Å². The molecule has 0 radical (unpaired) electrons. The van der Waals surface area contributed by atoms with E-state index < -0.39 is 0 Å². The molecule has 1 aliphatic heterocycles. The molecule has 0 aliphatic carbocycles. The third-order valence-corrected chi connectivity index (χ3v) is 2.08. The minimum atomic E-state index is -0.286. The van der Waals surface area contributed by atoms with Crippen molar-refractivity contribution in [3.05, 3.63) is 23.5 Å². The Kier molecular flexibility index (Phi) is 2.29. The Bertz CT molecular complexity index is 352. The summed E-state index contributed by atoms with van der Waals surface area (Å²) in [6.45, 7) is 2.00. The van der Waals surface area contributed by atoms with Gasteiger partial charge in [0.25, 0.3) is 0 Å². The maximum absolute atomic E-state index is 13.4. The van der Waals surface area contributed by atoms with E-state index in [1.54, 1.807) is 6.07 Å². The largest absolute Gasteiger partial charge is 0.454 e. The van der Waals surface area contributed by atoms with Gasteiger partial charge in [-0.05, 0) is 25.0 Å². The highest BCUT2D eigenvalue weighted by atomic mass is 19.1. The van der Waals surface area contributed by atoms with Crippen LogP contribution in [0, 0.1) is 5.82 Å². The predicted molar refractivity (Wildman–Crippen MR) is 49.9 cm³/mol. The molecule has 1 aliphatic rings. The van der Waals surface area contributed by atoms with Crippen LogP contribution in [0.25, 0.3) is 0 Å². The zero-order valence-corrected chi connectivity index (χ0v) is 7.92. The van der Waals surface area contributed by atoms with E-state index in [0.29, 0.717) is 23.5 Å². The Morgan fingerprint density at radius 3 is 2.71 bits per heavy atom. The maximum Gasteiger partial charge on any atom is 0.231 e. The van der Waals surface area contributed by atoms with Gasteiger partial charge in [-0.15, -0.1) is 0 Å². The Hall–Kier alpha value is -1.29. The van der Waals surface area contributed by atoms with Crippen molar-refractivity contribution in [3.8, 4) is 11.5 Å². The number of halogens is 1. The van der Waals surface area contributed by atoms with Crippen LogP contribution in [0.1, 0.15) is 12.5 Å². The number of rotatable bonds is 2. The third-order valence-electron chi connectivity index (χ3n) is 2.08. The molecule has 1 heterocycles. The van der Waals surface area contributed by atoms with E-state index >= 15 is 0 Å². The molecule has 0 saturated heterocycles. The molecule has 0 fully saturated rings. The fourth-order valence-corrected chi connectivity index (χ4v) is 1.46. The van der Waals surface area contributed by atoms with Crippen LogP contribution in [0.5, 0.6) is 11.5 Å². The second kappa shape index (κ2) is 3.46. The van der Waals surface area contributed by atoms with Crippen molar-refractivity contribution >= 4 is 0 Å². The van der Waals surface area contributed by atoms with Crippen molar-refractivity contribution < 1.29 is 13.9 Å². The number of hydrogen-bond donors (Lipinski definition) is 1. The van der Waals surface area contributed by atoms with Gasteiger partial charge < -0.3 is 15.2 Å². The summed E-state index contributed by atoms with van der Waals surface area (Å²) in [5.41, 5.74) is 6.17. The second-order valence-electron chi connectivity index (χ2n) is 3.48. The van der Waals surface area contributed by atoms with Crippen LogP contribution in [0.3, 0.4) is 0 Å². The summed E-state index contributed by atoms with van der Waals surface area (Å²) in [5, 5.41) is 0. The Labute approximate surface area is 81.6 Å².